The van der Waals surface area contributed by atoms with Gasteiger partial charge in [-0.1, -0.05) is 13.3 Å². The smallest absolute Gasteiger partial charge is 0.414 e. The number of unbranched alkanes of at least 4 members (excludes halogenated alkanes) is 1. The molecule has 2 amide bonds. The molecule has 2 aliphatic rings. The third-order valence-corrected chi connectivity index (χ3v) is 6.06. The second-order valence-corrected chi connectivity index (χ2v) is 8.46. The maximum absolute atomic E-state index is 14.8. The zero-order chi connectivity index (χ0) is 20.8. The number of anilines is 2. The van der Waals surface area contributed by atoms with Gasteiger partial charge in [-0.05, 0) is 18.6 Å². The van der Waals surface area contributed by atoms with Crippen LogP contribution in [0, 0.1) is 11.6 Å². The number of carbonyl (C=O) groups excluding carboxylic acids is 2. The monoisotopic (exact) mass is 427 g/mol. The lowest BCUT2D eigenvalue weighted by atomic mass is 10.2. The Morgan fingerprint density at radius 2 is 2.03 bits per heavy atom. The minimum absolute atomic E-state index is 0.0384. The van der Waals surface area contributed by atoms with Gasteiger partial charge in [0.25, 0.3) is 0 Å². The number of cyclic esters (lactones) is 1. The number of carbonyl (C=O) groups is 2. The van der Waals surface area contributed by atoms with E-state index < -0.39 is 23.8 Å². The summed E-state index contributed by atoms with van der Waals surface area (Å²) in [5, 5.41) is 2.73. The van der Waals surface area contributed by atoms with Gasteiger partial charge in [0.2, 0.25) is 5.91 Å². The number of ether oxygens (including phenoxy) is 1. The number of hydrogen-bond acceptors (Lipinski definition) is 5. The summed E-state index contributed by atoms with van der Waals surface area (Å²) in [4.78, 5) is 26.8. The first-order valence-corrected chi connectivity index (χ1v) is 11.2. The number of thioether (sulfide) groups is 1. The molecule has 3 rings (SSSR count). The highest BCUT2D eigenvalue weighted by molar-refractivity contribution is 7.99. The molecule has 2 aliphatic heterocycles. The molecule has 9 heteroatoms. The lowest BCUT2D eigenvalue weighted by Crippen LogP contribution is -2.34. The molecule has 6 nitrogen and oxygen atoms in total. The Balaban J connectivity index is 1.65. The molecule has 2 fully saturated rings. The summed E-state index contributed by atoms with van der Waals surface area (Å²) in [6.07, 6.45) is 1.78. The first-order chi connectivity index (χ1) is 14.0. The van der Waals surface area contributed by atoms with E-state index in [0.29, 0.717) is 19.5 Å². The third-order valence-electron chi connectivity index (χ3n) is 5.01. The highest BCUT2D eigenvalue weighted by Crippen LogP contribution is 2.32. The predicted octanol–water partition coefficient (Wildman–Crippen LogP) is 3.54. The fraction of sp³-hybridized carbons (Fsp3) is 0.600. The Labute approximate surface area is 173 Å². The number of rotatable bonds is 7. The summed E-state index contributed by atoms with van der Waals surface area (Å²) in [6.45, 7) is 3.50. The van der Waals surface area contributed by atoms with Crippen molar-refractivity contribution in [3.63, 3.8) is 0 Å². The fourth-order valence-electron chi connectivity index (χ4n) is 3.47. The molecular weight excluding hydrogens is 400 g/mol. The summed E-state index contributed by atoms with van der Waals surface area (Å²) in [7, 11) is 0. The van der Waals surface area contributed by atoms with E-state index in [0.717, 1.165) is 30.8 Å². The van der Waals surface area contributed by atoms with E-state index in [1.54, 1.807) is 16.7 Å². The Morgan fingerprint density at radius 3 is 2.76 bits per heavy atom. The maximum atomic E-state index is 14.8. The Bertz CT molecular complexity index is 719. The van der Waals surface area contributed by atoms with Gasteiger partial charge < -0.3 is 15.0 Å². The van der Waals surface area contributed by atoms with Crippen LogP contribution in [0.5, 0.6) is 0 Å². The van der Waals surface area contributed by atoms with Crippen molar-refractivity contribution >= 4 is 35.1 Å². The van der Waals surface area contributed by atoms with E-state index >= 15 is 0 Å². The topological polar surface area (TPSA) is 61.9 Å². The molecule has 0 aliphatic carbocycles. The summed E-state index contributed by atoms with van der Waals surface area (Å²) in [6, 6.07) is 2.36. The van der Waals surface area contributed by atoms with Gasteiger partial charge in [0, 0.05) is 37.4 Å². The Morgan fingerprint density at radius 1 is 1.28 bits per heavy atom. The normalized spacial score (nSPS) is 19.8. The minimum atomic E-state index is -0.684. The number of hydrogen-bond donors (Lipinski definition) is 1. The molecule has 1 atom stereocenters. The zero-order valence-electron chi connectivity index (χ0n) is 16.6. The van der Waals surface area contributed by atoms with Gasteiger partial charge in [0.15, 0.2) is 11.6 Å². The van der Waals surface area contributed by atoms with Crippen molar-refractivity contribution in [2.24, 2.45) is 0 Å². The van der Waals surface area contributed by atoms with Crippen LogP contribution in [0.1, 0.15) is 32.6 Å². The van der Waals surface area contributed by atoms with E-state index in [2.05, 4.69) is 5.32 Å². The highest BCUT2D eigenvalue weighted by atomic mass is 32.2. The standard InChI is InChI=1S/C20H27F2N3O3S/c1-2-3-5-18(26)23-12-15-13-25(20(27)28-15)14-10-16(21)19(17(22)11-14)24-6-4-8-29-9-7-24/h10-11,15H,2-9,12-13H2,1H3,(H,23,26)/t15-/m0/s1. The van der Waals surface area contributed by atoms with Crippen LogP contribution < -0.4 is 15.1 Å². The molecule has 1 aromatic carbocycles. The van der Waals surface area contributed by atoms with Crippen LogP contribution in [-0.4, -0.2) is 55.8 Å². The van der Waals surface area contributed by atoms with Crippen LogP contribution >= 0.6 is 11.8 Å². The van der Waals surface area contributed by atoms with E-state index in [-0.39, 0.29) is 30.4 Å². The summed E-state index contributed by atoms with van der Waals surface area (Å²) in [5.41, 5.74) is 0.0845. The maximum Gasteiger partial charge on any atom is 0.414 e. The molecule has 2 saturated heterocycles. The predicted molar refractivity (Wildman–Crippen MR) is 111 cm³/mol. The zero-order valence-corrected chi connectivity index (χ0v) is 17.4. The largest absolute Gasteiger partial charge is 0.442 e. The first kappa shape index (κ1) is 21.7. The van der Waals surface area contributed by atoms with Crippen molar-refractivity contribution in [3.8, 4) is 0 Å². The molecule has 0 radical (unpaired) electrons. The number of amides is 2. The van der Waals surface area contributed by atoms with Crippen molar-refractivity contribution in [3.05, 3.63) is 23.8 Å². The number of nitrogens with one attached hydrogen (secondary N) is 1. The van der Waals surface area contributed by atoms with E-state index in [1.807, 2.05) is 6.92 Å². The van der Waals surface area contributed by atoms with Gasteiger partial charge in [-0.2, -0.15) is 11.8 Å². The van der Waals surface area contributed by atoms with E-state index in [9.17, 15) is 18.4 Å². The Hall–Kier alpha value is -2.03. The van der Waals surface area contributed by atoms with Crippen LogP contribution in [0.25, 0.3) is 0 Å². The van der Waals surface area contributed by atoms with Crippen LogP contribution in [0.2, 0.25) is 0 Å². The lowest BCUT2D eigenvalue weighted by Gasteiger charge is -2.24. The van der Waals surface area contributed by atoms with E-state index in [1.165, 1.54) is 17.0 Å². The van der Waals surface area contributed by atoms with Gasteiger partial charge in [0.05, 0.1) is 18.8 Å². The summed E-state index contributed by atoms with van der Waals surface area (Å²) >= 11 is 1.77. The molecule has 0 aromatic heterocycles. The molecule has 160 valence electrons. The SMILES string of the molecule is CCCCC(=O)NC[C@H]1CN(c2cc(F)c(N3CCCSCC3)c(F)c2)C(=O)O1. The molecule has 1 aromatic rings. The molecule has 0 spiro atoms. The van der Waals surface area contributed by atoms with Gasteiger partial charge in [0.1, 0.15) is 11.8 Å². The van der Waals surface area contributed by atoms with Crippen molar-refractivity contribution < 1.29 is 23.1 Å². The van der Waals surface area contributed by atoms with Crippen LogP contribution in [0.3, 0.4) is 0 Å². The third kappa shape index (κ3) is 5.52. The minimum Gasteiger partial charge on any atom is -0.442 e. The van der Waals surface area contributed by atoms with Gasteiger partial charge in [-0.25, -0.2) is 13.6 Å². The second kappa shape index (κ2) is 10.1. The number of halogens is 2. The van der Waals surface area contributed by atoms with Gasteiger partial charge in [-0.15, -0.1) is 0 Å². The van der Waals surface area contributed by atoms with E-state index in [4.69, 9.17) is 4.74 Å². The molecule has 1 N–H and O–H groups in total. The van der Waals surface area contributed by atoms with Crippen LogP contribution in [0.15, 0.2) is 12.1 Å². The van der Waals surface area contributed by atoms with Gasteiger partial charge in [-0.3, -0.25) is 9.69 Å². The van der Waals surface area contributed by atoms with Crippen molar-refractivity contribution in [1.29, 1.82) is 0 Å². The van der Waals surface area contributed by atoms with Crippen LogP contribution in [0.4, 0.5) is 25.0 Å². The van der Waals surface area contributed by atoms with Gasteiger partial charge >= 0.3 is 6.09 Å². The van der Waals surface area contributed by atoms with Crippen molar-refractivity contribution in [2.75, 3.05) is 47.5 Å². The molecule has 0 saturated carbocycles. The van der Waals surface area contributed by atoms with Crippen molar-refractivity contribution in [1.82, 2.24) is 5.32 Å². The van der Waals surface area contributed by atoms with Crippen molar-refractivity contribution in [2.45, 2.75) is 38.7 Å². The molecule has 0 bridgehead atoms. The first-order valence-electron chi connectivity index (χ1n) is 10.1. The Kier molecular flexibility index (Phi) is 7.57. The summed E-state index contributed by atoms with van der Waals surface area (Å²) in [5.74, 6) is 0.337. The quantitative estimate of drug-likeness (QED) is 0.721. The average Bonchev–Trinajstić information content (AvgIpc) is 2.88. The molecule has 0 unspecified atom stereocenters. The summed E-state index contributed by atoms with van der Waals surface area (Å²) < 4.78 is 34.7. The second-order valence-electron chi connectivity index (χ2n) is 7.23. The molecule has 29 heavy (non-hydrogen) atoms. The number of benzene rings is 1. The van der Waals surface area contributed by atoms with Crippen LogP contribution in [-0.2, 0) is 9.53 Å². The highest BCUT2D eigenvalue weighted by Gasteiger charge is 2.34. The molecule has 2 heterocycles. The molecular formula is C20H27F2N3O3S. The average molecular weight is 428 g/mol. The lowest BCUT2D eigenvalue weighted by molar-refractivity contribution is -0.121. The number of nitrogens with zero attached hydrogens (tertiary/aromatic N) is 2. The fourth-order valence-corrected chi connectivity index (χ4v) is 4.36.